The first-order valence-corrected chi connectivity index (χ1v) is 9.94. The fourth-order valence-corrected chi connectivity index (χ4v) is 6.70. The Kier molecular flexibility index (Phi) is 5.05. The second-order valence-corrected chi connectivity index (χ2v) is 9.47. The fourth-order valence-electron chi connectivity index (χ4n) is 6.70. The van der Waals surface area contributed by atoms with E-state index in [0.29, 0.717) is 18.8 Å². The van der Waals surface area contributed by atoms with Crippen LogP contribution in [0.25, 0.3) is 0 Å². The summed E-state index contributed by atoms with van der Waals surface area (Å²) in [7, 11) is 0. The maximum atomic E-state index is 10.6. The van der Waals surface area contributed by atoms with Gasteiger partial charge in [-0.15, -0.1) is 0 Å². The SMILES string of the molecule is C[C@@H]1CC[C@@H]2[C@](C)(CO)[C@@H](O)CC[C@]2(C)[C@@]12CC[C@](CO)(CCO)O2. The smallest absolute Gasteiger partial charge is 0.0942 e. The van der Waals surface area contributed by atoms with E-state index in [1.54, 1.807) is 0 Å². The maximum absolute atomic E-state index is 10.6. The summed E-state index contributed by atoms with van der Waals surface area (Å²) in [4.78, 5) is 0. The van der Waals surface area contributed by atoms with Crippen molar-refractivity contribution in [2.45, 2.75) is 83.0 Å². The van der Waals surface area contributed by atoms with Gasteiger partial charge in [0.2, 0.25) is 0 Å². The number of aliphatic hydroxyl groups is 4. The molecule has 4 N–H and O–H groups in total. The van der Waals surface area contributed by atoms with Gasteiger partial charge in [0.1, 0.15) is 0 Å². The molecule has 0 aromatic carbocycles. The highest BCUT2D eigenvalue weighted by atomic mass is 16.5. The Labute approximate surface area is 151 Å². The van der Waals surface area contributed by atoms with Gasteiger partial charge in [0.25, 0.3) is 0 Å². The number of hydrogen-bond acceptors (Lipinski definition) is 5. The van der Waals surface area contributed by atoms with Gasteiger partial charge < -0.3 is 25.2 Å². The number of fused-ring (bicyclic) bond motifs is 2. The van der Waals surface area contributed by atoms with Crippen molar-refractivity contribution in [2.24, 2.45) is 22.7 Å². The first-order chi connectivity index (χ1) is 11.7. The number of hydrogen-bond donors (Lipinski definition) is 4. The second kappa shape index (κ2) is 6.45. The van der Waals surface area contributed by atoms with E-state index >= 15 is 0 Å². The summed E-state index contributed by atoms with van der Waals surface area (Å²) >= 11 is 0. The molecule has 0 unspecified atom stereocenters. The van der Waals surface area contributed by atoms with Crippen molar-refractivity contribution >= 4 is 0 Å². The molecule has 1 heterocycles. The zero-order chi connectivity index (χ0) is 18.5. The Morgan fingerprint density at radius 3 is 2.28 bits per heavy atom. The summed E-state index contributed by atoms with van der Waals surface area (Å²) in [5, 5.41) is 40.2. The molecule has 0 aromatic rings. The predicted octanol–water partition coefficient (Wildman–Crippen LogP) is 1.85. The van der Waals surface area contributed by atoms with E-state index in [4.69, 9.17) is 4.74 Å². The van der Waals surface area contributed by atoms with Crippen LogP contribution in [0.5, 0.6) is 0 Å². The molecule has 25 heavy (non-hydrogen) atoms. The highest BCUT2D eigenvalue weighted by Crippen LogP contribution is 2.67. The van der Waals surface area contributed by atoms with E-state index in [9.17, 15) is 20.4 Å². The van der Waals surface area contributed by atoms with Crippen LogP contribution in [-0.4, -0.2) is 57.6 Å². The van der Waals surface area contributed by atoms with Gasteiger partial charge >= 0.3 is 0 Å². The minimum absolute atomic E-state index is 0.0121. The van der Waals surface area contributed by atoms with Crippen molar-refractivity contribution in [2.75, 3.05) is 19.8 Å². The lowest BCUT2D eigenvalue weighted by Gasteiger charge is -2.65. The minimum atomic E-state index is -0.653. The van der Waals surface area contributed by atoms with E-state index in [0.717, 1.165) is 32.1 Å². The van der Waals surface area contributed by atoms with Crippen LogP contribution in [-0.2, 0) is 4.74 Å². The van der Waals surface area contributed by atoms with Gasteiger partial charge in [0.15, 0.2) is 0 Å². The molecule has 1 spiro atoms. The van der Waals surface area contributed by atoms with E-state index in [2.05, 4.69) is 13.8 Å². The molecule has 3 fully saturated rings. The largest absolute Gasteiger partial charge is 0.396 e. The molecule has 1 aliphatic heterocycles. The van der Waals surface area contributed by atoms with Crippen molar-refractivity contribution in [3.05, 3.63) is 0 Å². The molecule has 5 heteroatoms. The molecule has 5 nitrogen and oxygen atoms in total. The molecule has 0 bridgehead atoms. The van der Waals surface area contributed by atoms with Gasteiger partial charge in [0, 0.05) is 23.9 Å². The van der Waals surface area contributed by atoms with E-state index < -0.39 is 17.1 Å². The van der Waals surface area contributed by atoms with E-state index in [-0.39, 0.29) is 36.8 Å². The third-order valence-corrected chi connectivity index (χ3v) is 8.46. The molecule has 146 valence electrons. The van der Waals surface area contributed by atoms with Crippen molar-refractivity contribution < 1.29 is 25.2 Å². The number of ether oxygens (including phenoxy) is 1. The van der Waals surface area contributed by atoms with E-state index in [1.807, 2.05) is 6.92 Å². The molecule has 2 aliphatic carbocycles. The van der Waals surface area contributed by atoms with Crippen LogP contribution in [0.2, 0.25) is 0 Å². The highest BCUT2D eigenvalue weighted by Gasteiger charge is 2.68. The first-order valence-electron chi connectivity index (χ1n) is 9.94. The first kappa shape index (κ1) is 19.6. The van der Waals surface area contributed by atoms with Crippen LogP contribution in [0.4, 0.5) is 0 Å². The molecule has 2 saturated carbocycles. The highest BCUT2D eigenvalue weighted by molar-refractivity contribution is 5.17. The molecule has 1 saturated heterocycles. The lowest BCUT2D eigenvalue weighted by Crippen LogP contribution is -2.66. The Morgan fingerprint density at radius 2 is 1.68 bits per heavy atom. The average molecular weight is 357 g/mol. The van der Waals surface area contributed by atoms with Crippen LogP contribution < -0.4 is 0 Å². The monoisotopic (exact) mass is 356 g/mol. The van der Waals surface area contributed by atoms with Crippen LogP contribution in [0.15, 0.2) is 0 Å². The third-order valence-electron chi connectivity index (χ3n) is 8.46. The summed E-state index contributed by atoms with van der Waals surface area (Å²) in [5.74, 6) is 0.549. The van der Waals surface area contributed by atoms with Crippen LogP contribution >= 0.6 is 0 Å². The van der Waals surface area contributed by atoms with Gasteiger partial charge in [-0.05, 0) is 50.4 Å². The standard InChI is InChI=1S/C20H36O5/c1-14-4-5-15-17(2,12-22)16(24)6-7-18(15,3)20(14)9-8-19(13-23,25-20)10-11-21/h14-16,21-24H,4-13H2,1-3H3/t14-,15-,16+,17+,18+,19-,20-/m1/s1. The maximum Gasteiger partial charge on any atom is 0.0942 e. The molecule has 0 radical (unpaired) electrons. The van der Waals surface area contributed by atoms with Gasteiger partial charge in [-0.1, -0.05) is 20.8 Å². The Bertz CT molecular complexity index is 498. The predicted molar refractivity (Wildman–Crippen MR) is 95.0 cm³/mol. The van der Waals surface area contributed by atoms with Crippen LogP contribution in [0, 0.1) is 22.7 Å². The molecule has 7 atom stereocenters. The normalized spacial score (nSPS) is 53.2. The number of rotatable bonds is 4. The van der Waals surface area contributed by atoms with Gasteiger partial charge in [-0.3, -0.25) is 0 Å². The number of aliphatic hydroxyl groups excluding tert-OH is 4. The minimum Gasteiger partial charge on any atom is -0.396 e. The summed E-state index contributed by atoms with van der Waals surface area (Å²) in [5.41, 5.74) is -1.66. The Hall–Kier alpha value is -0.200. The lowest BCUT2D eigenvalue weighted by molar-refractivity contribution is -0.272. The zero-order valence-electron chi connectivity index (χ0n) is 16.0. The summed E-state index contributed by atoms with van der Waals surface area (Å²) in [6.45, 7) is 6.47. The van der Waals surface area contributed by atoms with Gasteiger partial charge in [-0.2, -0.15) is 0 Å². The molecular weight excluding hydrogens is 320 g/mol. The lowest BCUT2D eigenvalue weighted by atomic mass is 9.43. The molecule has 0 amide bonds. The van der Waals surface area contributed by atoms with Crippen molar-refractivity contribution in [3.8, 4) is 0 Å². The topological polar surface area (TPSA) is 90.2 Å². The Morgan fingerprint density at radius 1 is 0.960 bits per heavy atom. The van der Waals surface area contributed by atoms with Crippen molar-refractivity contribution in [1.29, 1.82) is 0 Å². The van der Waals surface area contributed by atoms with Crippen LogP contribution in [0.1, 0.15) is 65.7 Å². The summed E-state index contributed by atoms with van der Waals surface area (Å²) < 4.78 is 6.75. The molecular formula is C20H36O5. The van der Waals surface area contributed by atoms with Gasteiger partial charge in [0.05, 0.1) is 30.5 Å². The average Bonchev–Trinajstić information content (AvgIpc) is 2.99. The zero-order valence-corrected chi connectivity index (χ0v) is 16.0. The van der Waals surface area contributed by atoms with E-state index in [1.165, 1.54) is 0 Å². The molecule has 3 aliphatic rings. The quantitative estimate of drug-likeness (QED) is 0.617. The molecule has 0 aromatic heterocycles. The van der Waals surface area contributed by atoms with Gasteiger partial charge in [-0.25, -0.2) is 0 Å². The van der Waals surface area contributed by atoms with Crippen molar-refractivity contribution in [3.63, 3.8) is 0 Å². The summed E-state index contributed by atoms with van der Waals surface area (Å²) in [6.07, 6.45) is 5.15. The molecule has 3 rings (SSSR count). The Balaban J connectivity index is 2.02. The second-order valence-electron chi connectivity index (χ2n) is 9.47. The fraction of sp³-hybridized carbons (Fsp3) is 1.00. The third kappa shape index (κ3) is 2.53. The summed E-state index contributed by atoms with van der Waals surface area (Å²) in [6, 6.07) is 0. The van der Waals surface area contributed by atoms with Crippen LogP contribution in [0.3, 0.4) is 0 Å². The van der Waals surface area contributed by atoms with Crippen molar-refractivity contribution in [1.82, 2.24) is 0 Å².